The lowest BCUT2D eigenvalue weighted by atomic mass is 10.0. The number of nitro groups is 1. The monoisotopic (exact) mass is 430 g/mol. The Morgan fingerprint density at radius 3 is 2.59 bits per heavy atom. The van der Waals surface area contributed by atoms with Gasteiger partial charge in [-0.05, 0) is 41.3 Å². The van der Waals surface area contributed by atoms with E-state index in [9.17, 15) is 24.5 Å². The molecule has 0 aliphatic carbocycles. The summed E-state index contributed by atoms with van der Waals surface area (Å²) in [5.41, 5.74) is -0.185. The fourth-order valence-electron chi connectivity index (χ4n) is 2.66. The van der Waals surface area contributed by atoms with Crippen molar-refractivity contribution in [2.45, 2.75) is 6.42 Å². The fraction of sp³-hybridized carbons (Fsp3) is 0.0500. The quantitative estimate of drug-likeness (QED) is 0.202. The number of carbonyl (C=O) groups is 2. The van der Waals surface area contributed by atoms with Gasteiger partial charge >= 0.3 is 0 Å². The molecular weight excluding hydrogens is 419 g/mol. The van der Waals surface area contributed by atoms with Crippen molar-refractivity contribution in [2.24, 2.45) is 0 Å². The number of H-pyrrole nitrogens is 1. The largest absolute Gasteiger partial charge is 0.321 e. The topological polar surface area (TPSA) is 110 Å². The number of pyridine rings is 1. The second-order valence-corrected chi connectivity index (χ2v) is 6.95. The van der Waals surface area contributed by atoms with Crippen LogP contribution in [0.4, 0.5) is 5.69 Å². The number of nitro benzene ring substituents is 1. The molecule has 3 rings (SSSR count). The Labute approximate surface area is 173 Å². The highest BCUT2D eigenvalue weighted by Gasteiger charge is 2.15. The molecule has 0 spiro atoms. The molecule has 0 saturated carbocycles. The smallest absolute Gasteiger partial charge is 0.288 e. The Kier molecular flexibility index (Phi) is 5.91. The van der Waals surface area contributed by atoms with Gasteiger partial charge < -0.3 is 4.98 Å². The molecule has 0 fully saturated rings. The molecular formula is C20H12Cl2N2O5. The predicted octanol–water partition coefficient (Wildman–Crippen LogP) is 4.60. The van der Waals surface area contributed by atoms with E-state index in [0.29, 0.717) is 21.5 Å². The molecule has 9 heteroatoms. The average Bonchev–Trinajstić information content (AvgIpc) is 2.66. The summed E-state index contributed by atoms with van der Waals surface area (Å²) < 4.78 is 0. The van der Waals surface area contributed by atoms with Crippen molar-refractivity contribution in [2.75, 3.05) is 0 Å². The van der Waals surface area contributed by atoms with Crippen LogP contribution in [0.5, 0.6) is 0 Å². The molecule has 146 valence electrons. The van der Waals surface area contributed by atoms with Gasteiger partial charge in [-0.25, -0.2) is 0 Å². The molecule has 0 amide bonds. The van der Waals surface area contributed by atoms with Crippen molar-refractivity contribution in [1.82, 2.24) is 4.98 Å². The van der Waals surface area contributed by atoms with Gasteiger partial charge in [0.05, 0.1) is 16.9 Å². The molecule has 1 aromatic heterocycles. The minimum atomic E-state index is -0.639. The number of aromatic amines is 1. The zero-order valence-electron chi connectivity index (χ0n) is 14.6. The number of benzene rings is 2. The van der Waals surface area contributed by atoms with Gasteiger partial charge in [0.1, 0.15) is 5.02 Å². The Hall–Kier alpha value is -3.29. The first-order chi connectivity index (χ1) is 13.7. The summed E-state index contributed by atoms with van der Waals surface area (Å²) in [5.74, 6) is -1.19. The maximum absolute atomic E-state index is 12.4. The Bertz CT molecular complexity index is 1250. The third-order valence-electron chi connectivity index (χ3n) is 4.07. The van der Waals surface area contributed by atoms with E-state index in [1.165, 1.54) is 30.3 Å². The summed E-state index contributed by atoms with van der Waals surface area (Å²) in [4.78, 5) is 49.5. The molecule has 1 N–H and O–H groups in total. The predicted molar refractivity (Wildman–Crippen MR) is 111 cm³/mol. The van der Waals surface area contributed by atoms with E-state index in [2.05, 4.69) is 4.98 Å². The molecule has 0 radical (unpaired) electrons. The summed E-state index contributed by atoms with van der Waals surface area (Å²) in [6.07, 6.45) is 1.94. The van der Waals surface area contributed by atoms with E-state index in [-0.39, 0.29) is 16.3 Å². The Morgan fingerprint density at radius 1 is 1.10 bits per heavy atom. The minimum Gasteiger partial charge on any atom is -0.321 e. The van der Waals surface area contributed by atoms with Crippen LogP contribution in [0, 0.1) is 10.1 Å². The maximum Gasteiger partial charge on any atom is 0.288 e. The van der Waals surface area contributed by atoms with Crippen LogP contribution in [-0.4, -0.2) is 21.5 Å². The molecule has 3 aromatic rings. The van der Waals surface area contributed by atoms with E-state index in [1.807, 2.05) is 0 Å². The highest BCUT2D eigenvalue weighted by Crippen LogP contribution is 2.25. The van der Waals surface area contributed by atoms with E-state index in [0.717, 1.165) is 6.08 Å². The number of rotatable bonds is 6. The van der Waals surface area contributed by atoms with Crippen LogP contribution in [-0.2, 0) is 4.79 Å². The molecule has 2 aromatic carbocycles. The zero-order valence-corrected chi connectivity index (χ0v) is 16.2. The highest BCUT2D eigenvalue weighted by molar-refractivity contribution is 6.32. The van der Waals surface area contributed by atoms with Crippen molar-refractivity contribution in [3.63, 3.8) is 0 Å². The van der Waals surface area contributed by atoms with Crippen molar-refractivity contribution < 1.29 is 14.5 Å². The summed E-state index contributed by atoms with van der Waals surface area (Å²) >= 11 is 11.6. The molecule has 0 bridgehead atoms. The van der Waals surface area contributed by atoms with Gasteiger partial charge in [0.2, 0.25) is 0 Å². The maximum atomic E-state index is 12.4. The third-order valence-corrected chi connectivity index (χ3v) is 4.63. The molecule has 0 unspecified atom stereocenters. The number of aromatic nitrogens is 1. The van der Waals surface area contributed by atoms with Crippen LogP contribution in [0.15, 0.2) is 53.3 Å². The van der Waals surface area contributed by atoms with Crippen LogP contribution in [0.2, 0.25) is 10.0 Å². The first-order valence-corrected chi connectivity index (χ1v) is 9.01. The van der Waals surface area contributed by atoms with Crippen molar-refractivity contribution in [1.29, 1.82) is 0 Å². The lowest BCUT2D eigenvalue weighted by Gasteiger charge is -2.02. The number of hydrogen-bond donors (Lipinski definition) is 1. The van der Waals surface area contributed by atoms with Gasteiger partial charge in [0.25, 0.3) is 11.2 Å². The summed E-state index contributed by atoms with van der Waals surface area (Å²) in [6.45, 7) is 0. The lowest BCUT2D eigenvalue weighted by molar-refractivity contribution is -0.384. The van der Waals surface area contributed by atoms with E-state index < -0.39 is 28.5 Å². The number of nitrogens with one attached hydrogen (secondary N) is 1. The SMILES string of the molecule is O=C(/C=C/c1ccc(Cl)c([N+](=O)[O-])c1)CC(=O)c1cc2ccc(Cl)cc2[nH]c1=O. The molecule has 0 aliphatic heterocycles. The van der Waals surface area contributed by atoms with Crippen LogP contribution in [0.3, 0.4) is 0 Å². The van der Waals surface area contributed by atoms with Gasteiger partial charge in [-0.2, -0.15) is 0 Å². The van der Waals surface area contributed by atoms with Crippen molar-refractivity contribution in [3.05, 3.63) is 90.2 Å². The molecule has 0 saturated heterocycles. The third kappa shape index (κ3) is 4.77. The Morgan fingerprint density at radius 2 is 1.86 bits per heavy atom. The first-order valence-electron chi connectivity index (χ1n) is 8.25. The van der Waals surface area contributed by atoms with Gasteiger partial charge in [-0.3, -0.25) is 24.5 Å². The van der Waals surface area contributed by atoms with Crippen molar-refractivity contribution in [3.8, 4) is 0 Å². The second kappa shape index (κ2) is 8.38. The normalized spacial score (nSPS) is 11.1. The number of ketones is 2. The molecule has 7 nitrogen and oxygen atoms in total. The van der Waals surface area contributed by atoms with E-state index in [1.54, 1.807) is 18.2 Å². The number of halogens is 2. The summed E-state index contributed by atoms with van der Waals surface area (Å²) in [7, 11) is 0. The van der Waals surface area contributed by atoms with Gasteiger partial charge in [-0.15, -0.1) is 0 Å². The average molecular weight is 431 g/mol. The van der Waals surface area contributed by atoms with Crippen LogP contribution < -0.4 is 5.56 Å². The zero-order chi connectivity index (χ0) is 21.1. The summed E-state index contributed by atoms with van der Waals surface area (Å²) in [6, 6.07) is 10.3. The molecule has 0 aliphatic rings. The lowest BCUT2D eigenvalue weighted by Crippen LogP contribution is -2.19. The number of carbonyl (C=O) groups excluding carboxylic acids is 2. The minimum absolute atomic E-state index is 0.0227. The Balaban J connectivity index is 1.77. The summed E-state index contributed by atoms with van der Waals surface area (Å²) in [5, 5.41) is 11.9. The fourth-order valence-corrected chi connectivity index (χ4v) is 3.01. The van der Waals surface area contributed by atoms with Gasteiger partial charge in [0.15, 0.2) is 11.6 Å². The van der Waals surface area contributed by atoms with Crippen LogP contribution in [0.1, 0.15) is 22.3 Å². The standard InChI is InChI=1S/C20H12Cl2N2O5/c21-13-4-3-12-8-15(20(27)23-17(12)9-13)19(26)10-14(25)5-1-11-2-6-16(22)18(7-11)24(28)29/h1-9H,10H2,(H,23,27)/b5-1+. The number of Topliss-reactive ketones (excluding diaryl/α,β-unsaturated/α-hetero) is 1. The second-order valence-electron chi connectivity index (χ2n) is 6.11. The number of allylic oxidation sites excluding steroid dienone is 1. The molecule has 29 heavy (non-hydrogen) atoms. The van der Waals surface area contributed by atoms with Gasteiger partial charge in [0, 0.05) is 16.6 Å². The first kappa shape index (κ1) is 20.4. The molecule has 1 heterocycles. The number of fused-ring (bicyclic) bond motifs is 1. The van der Waals surface area contributed by atoms with E-state index >= 15 is 0 Å². The number of hydrogen-bond acceptors (Lipinski definition) is 5. The van der Waals surface area contributed by atoms with Crippen LogP contribution >= 0.6 is 23.2 Å². The van der Waals surface area contributed by atoms with Gasteiger partial charge in [-0.1, -0.05) is 41.4 Å². The van der Waals surface area contributed by atoms with Crippen molar-refractivity contribution >= 4 is 57.4 Å². The highest BCUT2D eigenvalue weighted by atomic mass is 35.5. The van der Waals surface area contributed by atoms with E-state index in [4.69, 9.17) is 23.2 Å². The van der Waals surface area contributed by atoms with Crippen LogP contribution in [0.25, 0.3) is 17.0 Å². The molecule has 0 atom stereocenters. The number of nitrogens with zero attached hydrogens (tertiary/aromatic N) is 1.